The number of H-pyrrole nitrogens is 1. The molecular formula is C10H13N2O13P3S-4. The summed E-state index contributed by atoms with van der Waals surface area (Å²) in [7, 11) is -11.9. The van der Waals surface area contributed by atoms with Crippen LogP contribution in [0.4, 0.5) is 0 Å². The Morgan fingerprint density at radius 1 is 1.31 bits per heavy atom. The molecule has 1 saturated heterocycles. The molecule has 0 amide bonds. The Labute approximate surface area is 166 Å². The molecule has 0 spiro atoms. The first-order valence-electron chi connectivity index (χ1n) is 7.45. The van der Waals surface area contributed by atoms with Crippen LogP contribution in [0.1, 0.15) is 18.2 Å². The topological polar surface area (TPSA) is 238 Å². The minimum atomic E-state index is -6.02. The van der Waals surface area contributed by atoms with Crippen LogP contribution >= 0.6 is 22.4 Å². The maximum Gasteiger partial charge on any atom is 0.330 e. The monoisotopic (exact) mass is 494 g/mol. The van der Waals surface area contributed by atoms with Crippen molar-refractivity contribution in [3.05, 3.63) is 32.6 Å². The van der Waals surface area contributed by atoms with Crippen molar-refractivity contribution in [2.45, 2.75) is 31.8 Å². The summed E-state index contributed by atoms with van der Waals surface area (Å²) < 4.78 is 39.3. The van der Waals surface area contributed by atoms with E-state index >= 15 is 0 Å². The summed E-state index contributed by atoms with van der Waals surface area (Å²) in [6.45, 7) is -4.28. The largest absolute Gasteiger partial charge is 0.790 e. The van der Waals surface area contributed by atoms with Gasteiger partial charge in [-0.2, -0.15) is 0 Å². The molecular weight excluding hydrogens is 481 g/mol. The lowest BCUT2D eigenvalue weighted by molar-refractivity contribution is -0.339. The Morgan fingerprint density at radius 2 is 1.93 bits per heavy atom. The first-order valence-corrected chi connectivity index (χ1v) is 12.9. The molecule has 19 heteroatoms. The van der Waals surface area contributed by atoms with E-state index in [2.05, 4.69) is 25.0 Å². The quantitative estimate of drug-likeness (QED) is 0.332. The first kappa shape index (κ1) is 24.7. The van der Waals surface area contributed by atoms with Crippen molar-refractivity contribution in [1.82, 2.24) is 9.55 Å². The van der Waals surface area contributed by atoms with E-state index in [1.165, 1.54) is 13.1 Å². The fraction of sp³-hybridized carbons (Fsp3) is 0.600. The minimum absolute atomic E-state index is 0.152. The predicted molar refractivity (Wildman–Crippen MR) is 88.2 cm³/mol. The molecule has 15 nitrogen and oxygen atoms in total. The van der Waals surface area contributed by atoms with Crippen LogP contribution < -0.4 is 30.8 Å². The molecule has 1 fully saturated rings. The Hall–Kier alpha value is -0.570. The van der Waals surface area contributed by atoms with E-state index in [1.54, 1.807) is 0 Å². The highest BCUT2D eigenvalue weighted by atomic mass is 32.5. The highest BCUT2D eigenvalue weighted by Crippen LogP contribution is 2.60. The average molecular weight is 494 g/mol. The van der Waals surface area contributed by atoms with Gasteiger partial charge in [-0.25, -0.2) is 4.79 Å². The Bertz CT molecular complexity index is 1020. The Kier molecular flexibility index (Phi) is 7.57. The summed E-state index contributed by atoms with van der Waals surface area (Å²) in [4.78, 5) is 69.0. The highest BCUT2D eigenvalue weighted by molar-refractivity contribution is 8.07. The maximum absolute atomic E-state index is 11.9. The summed E-state index contributed by atoms with van der Waals surface area (Å²) in [5.74, 6) is 0. The summed E-state index contributed by atoms with van der Waals surface area (Å²) in [5, 5.41) is 10.0. The van der Waals surface area contributed by atoms with Crippen LogP contribution in [0.15, 0.2) is 15.8 Å². The lowest BCUT2D eigenvalue weighted by Crippen LogP contribution is -2.33. The van der Waals surface area contributed by atoms with Crippen LogP contribution in [-0.4, -0.2) is 33.5 Å². The van der Waals surface area contributed by atoms with Gasteiger partial charge in [-0.15, -0.1) is 0 Å². The summed E-state index contributed by atoms with van der Waals surface area (Å²) >= 11 is 4.26. The van der Waals surface area contributed by atoms with E-state index in [-0.39, 0.29) is 12.0 Å². The number of aliphatic hydroxyl groups is 1. The van der Waals surface area contributed by atoms with Gasteiger partial charge in [0.25, 0.3) is 13.4 Å². The van der Waals surface area contributed by atoms with Gasteiger partial charge in [0.2, 0.25) is 0 Å². The molecule has 2 rings (SSSR count). The van der Waals surface area contributed by atoms with E-state index < -0.39 is 58.7 Å². The molecule has 2 heterocycles. The molecule has 2 N–H and O–H groups in total. The maximum atomic E-state index is 11.9. The van der Waals surface area contributed by atoms with Crippen LogP contribution in [0.25, 0.3) is 0 Å². The second kappa shape index (κ2) is 8.89. The first-order chi connectivity index (χ1) is 13.1. The molecule has 0 bridgehead atoms. The van der Waals surface area contributed by atoms with Crippen molar-refractivity contribution in [2.24, 2.45) is 0 Å². The smallest absolute Gasteiger partial charge is 0.330 e. The van der Waals surface area contributed by atoms with Crippen molar-refractivity contribution in [2.75, 3.05) is 6.61 Å². The normalized spacial score (nSPS) is 26.8. The van der Waals surface area contributed by atoms with Crippen LogP contribution in [-0.2, 0) is 38.8 Å². The van der Waals surface area contributed by atoms with Crippen LogP contribution in [0.3, 0.4) is 0 Å². The van der Waals surface area contributed by atoms with E-state index in [4.69, 9.17) is 4.74 Å². The molecule has 1 aromatic rings. The van der Waals surface area contributed by atoms with Crippen LogP contribution in [0.5, 0.6) is 0 Å². The number of aryl methyl sites for hydroxylation is 1. The summed E-state index contributed by atoms with van der Waals surface area (Å²) in [6, 6.07) is 0. The summed E-state index contributed by atoms with van der Waals surface area (Å²) in [5.41, 5.74) is -1.24. The zero-order valence-electron chi connectivity index (χ0n) is 14.3. The van der Waals surface area contributed by atoms with Gasteiger partial charge >= 0.3 is 5.69 Å². The molecule has 0 saturated carbocycles. The van der Waals surface area contributed by atoms with Gasteiger partial charge < -0.3 is 38.5 Å². The van der Waals surface area contributed by atoms with Crippen LogP contribution in [0, 0.1) is 6.92 Å². The second-order valence-corrected chi connectivity index (χ2v) is 11.3. The summed E-state index contributed by atoms with van der Waals surface area (Å²) in [6.07, 6.45) is -2.55. The standard InChI is InChI=1S/C10H17N2O13P3S/c1-5-3-12(10(15)11-9(5)14)8-2-6(13)7(23-8)4-22-28(21,29)25-27(19,20)24-26(16,17)18/h3,6-8,13H,2,4H2,1H3,(H,19,20)(H,21,29)(H,11,14,15)(H2,16,17,18)/p-4/t6-,7+,8+,28?/m0/s1. The van der Waals surface area contributed by atoms with Gasteiger partial charge in [-0.05, 0) is 6.92 Å². The molecule has 5 atom stereocenters. The minimum Gasteiger partial charge on any atom is -0.790 e. The van der Waals surface area contributed by atoms with Crippen molar-refractivity contribution in [3.8, 4) is 0 Å². The van der Waals surface area contributed by atoms with Crippen molar-refractivity contribution in [1.29, 1.82) is 0 Å². The van der Waals surface area contributed by atoms with E-state index in [1.807, 2.05) is 4.98 Å². The lowest BCUT2D eigenvalue weighted by atomic mass is 10.2. The number of phosphoric acid groups is 2. The second-order valence-electron chi connectivity index (χ2n) is 5.71. The predicted octanol–water partition coefficient (Wildman–Crippen LogP) is -3.57. The van der Waals surface area contributed by atoms with Gasteiger partial charge in [0, 0.05) is 18.2 Å². The highest BCUT2D eigenvalue weighted by Gasteiger charge is 2.36. The fourth-order valence-electron chi connectivity index (χ4n) is 2.28. The van der Waals surface area contributed by atoms with E-state index in [0.717, 1.165) is 4.57 Å². The molecule has 0 aromatic carbocycles. The number of nitrogens with one attached hydrogen (secondary N) is 1. The number of rotatable bonds is 8. The molecule has 29 heavy (non-hydrogen) atoms. The number of ether oxygens (including phenoxy) is 1. The molecule has 0 radical (unpaired) electrons. The number of aromatic nitrogens is 2. The van der Waals surface area contributed by atoms with E-state index in [9.17, 15) is 43.4 Å². The van der Waals surface area contributed by atoms with Gasteiger partial charge in [-0.3, -0.25) is 27.5 Å². The number of nitrogens with zero attached hydrogens (tertiary/aromatic N) is 1. The third-order valence-corrected chi connectivity index (χ3v) is 8.04. The van der Waals surface area contributed by atoms with Crippen LogP contribution in [0.2, 0.25) is 0 Å². The molecule has 1 aliphatic heterocycles. The molecule has 1 aliphatic rings. The number of hydrogen-bond acceptors (Lipinski definition) is 14. The molecule has 2 unspecified atom stereocenters. The fourth-order valence-corrected chi connectivity index (χ4v) is 6.07. The van der Waals surface area contributed by atoms with E-state index in [0.29, 0.717) is 0 Å². The molecule has 166 valence electrons. The van der Waals surface area contributed by atoms with Gasteiger partial charge in [0.15, 0.2) is 0 Å². The Morgan fingerprint density at radius 3 is 2.52 bits per heavy atom. The Balaban J connectivity index is 2.03. The third kappa shape index (κ3) is 7.26. The average Bonchev–Trinajstić information content (AvgIpc) is 2.86. The number of hydrogen-bond donors (Lipinski definition) is 2. The third-order valence-electron chi connectivity index (χ3n) is 3.46. The number of aromatic amines is 1. The van der Waals surface area contributed by atoms with Gasteiger partial charge in [-0.1, -0.05) is 11.8 Å². The van der Waals surface area contributed by atoms with Crippen molar-refractivity contribution in [3.63, 3.8) is 0 Å². The van der Waals surface area contributed by atoms with Crippen molar-refractivity contribution < 1.29 is 51.7 Å². The van der Waals surface area contributed by atoms with Gasteiger partial charge in [0.05, 0.1) is 20.5 Å². The SMILES string of the molecule is Cc1cn([C@H]2C[C@H](O)[C@@H](COP([O-])(=S)OP(=O)([O-])OP(=O)([O-])[O-])O2)c(=O)[nH]c1=O. The van der Waals surface area contributed by atoms with Crippen molar-refractivity contribution >= 4 is 34.2 Å². The molecule has 0 aliphatic carbocycles. The lowest BCUT2D eigenvalue weighted by Gasteiger charge is -2.39. The molecule has 1 aromatic heterocycles. The van der Waals surface area contributed by atoms with Gasteiger partial charge in [0.1, 0.15) is 19.1 Å². The number of aliphatic hydroxyl groups excluding tert-OH is 1. The zero-order valence-corrected chi connectivity index (χ0v) is 17.8. The zero-order chi connectivity index (χ0) is 22.2.